The van der Waals surface area contributed by atoms with Crippen molar-refractivity contribution in [1.29, 1.82) is 0 Å². The number of fused-ring (bicyclic) bond motifs is 7. The summed E-state index contributed by atoms with van der Waals surface area (Å²) in [6.07, 6.45) is 0. The molecule has 0 unspecified atom stereocenters. The Morgan fingerprint density at radius 2 is 1.35 bits per heavy atom. The molecule has 3 nitrogen and oxygen atoms in total. The Morgan fingerprint density at radius 1 is 0.696 bits per heavy atom. The van der Waals surface area contributed by atoms with Crippen LogP contribution in [-0.4, -0.2) is 5.78 Å². The van der Waals surface area contributed by atoms with E-state index in [1.807, 2.05) is 54.6 Å². The van der Waals surface area contributed by atoms with Crippen LogP contribution in [0.3, 0.4) is 0 Å². The molecule has 0 atom stereocenters. The molecule has 0 saturated carbocycles. The number of carbonyl (C=O) groups excluding carboxylic acids is 1. The summed E-state index contributed by atoms with van der Waals surface area (Å²) in [6, 6.07) is 17.4. The van der Waals surface area contributed by atoms with Crippen LogP contribution in [0.5, 0.6) is 0 Å². The second kappa shape index (κ2) is 4.23. The van der Waals surface area contributed by atoms with Crippen LogP contribution in [0.2, 0.25) is 0 Å². The van der Waals surface area contributed by atoms with E-state index in [1.165, 1.54) is 0 Å². The minimum absolute atomic E-state index is 0.0307. The average Bonchev–Trinajstić information content (AvgIpc) is 3.11. The van der Waals surface area contributed by atoms with E-state index in [-0.39, 0.29) is 5.78 Å². The smallest absolute Gasteiger partial charge is 0.160 e. The molecule has 0 aliphatic carbocycles. The van der Waals surface area contributed by atoms with Crippen LogP contribution in [0, 0.1) is 0 Å². The van der Waals surface area contributed by atoms with Gasteiger partial charge in [-0.15, -0.1) is 0 Å². The van der Waals surface area contributed by atoms with Gasteiger partial charge < -0.3 is 8.83 Å². The Bertz CT molecular complexity index is 1240. The predicted octanol–water partition coefficient (Wildman–Crippen LogP) is 5.69. The van der Waals surface area contributed by atoms with Gasteiger partial charge in [0.25, 0.3) is 0 Å². The Morgan fingerprint density at radius 3 is 2.17 bits per heavy atom. The number of Topliss-reactive ketones (excluding diaryl/α,β-unsaturated/α-hetero) is 1. The van der Waals surface area contributed by atoms with Crippen LogP contribution in [0.15, 0.2) is 63.4 Å². The molecule has 2 heterocycles. The lowest BCUT2D eigenvalue weighted by Gasteiger charge is -1.99. The fourth-order valence-electron chi connectivity index (χ4n) is 3.42. The number of hydrogen-bond donors (Lipinski definition) is 0. The Balaban J connectivity index is 2.15. The van der Waals surface area contributed by atoms with Crippen molar-refractivity contribution in [2.24, 2.45) is 0 Å². The third kappa shape index (κ3) is 1.56. The molecule has 3 aromatic carbocycles. The van der Waals surface area contributed by atoms with Crippen molar-refractivity contribution in [2.75, 3.05) is 0 Å². The summed E-state index contributed by atoms with van der Waals surface area (Å²) >= 11 is 0. The zero-order chi connectivity index (χ0) is 15.6. The zero-order valence-electron chi connectivity index (χ0n) is 12.4. The highest BCUT2D eigenvalue weighted by atomic mass is 16.3. The molecule has 0 amide bonds. The Hall–Kier alpha value is -3.07. The number of rotatable bonds is 1. The van der Waals surface area contributed by atoms with Gasteiger partial charge in [0.05, 0.1) is 0 Å². The van der Waals surface area contributed by atoms with Crippen molar-refractivity contribution in [1.82, 2.24) is 0 Å². The van der Waals surface area contributed by atoms with Crippen molar-refractivity contribution in [2.45, 2.75) is 6.92 Å². The van der Waals surface area contributed by atoms with Crippen molar-refractivity contribution < 1.29 is 13.6 Å². The molecule has 0 aliphatic rings. The van der Waals surface area contributed by atoms with Crippen molar-refractivity contribution in [3.8, 4) is 0 Å². The molecule has 0 bridgehead atoms. The van der Waals surface area contributed by atoms with Crippen LogP contribution in [0.1, 0.15) is 17.3 Å². The van der Waals surface area contributed by atoms with E-state index in [9.17, 15) is 4.79 Å². The van der Waals surface area contributed by atoms with E-state index < -0.39 is 0 Å². The summed E-state index contributed by atoms with van der Waals surface area (Å²) in [4.78, 5) is 12.1. The van der Waals surface area contributed by atoms with E-state index in [4.69, 9.17) is 8.83 Å². The van der Waals surface area contributed by atoms with Crippen LogP contribution in [-0.2, 0) is 0 Å². The zero-order valence-corrected chi connectivity index (χ0v) is 12.4. The molecule has 110 valence electrons. The molecule has 5 rings (SSSR count). The summed E-state index contributed by atoms with van der Waals surface area (Å²) in [6.45, 7) is 1.58. The third-order valence-corrected chi connectivity index (χ3v) is 4.38. The largest absolute Gasteiger partial charge is 0.456 e. The molecule has 3 heteroatoms. The Labute approximate surface area is 131 Å². The maximum atomic E-state index is 12.1. The van der Waals surface area contributed by atoms with Gasteiger partial charge in [-0.3, -0.25) is 4.79 Å². The first kappa shape index (κ1) is 12.5. The first-order valence-electron chi connectivity index (χ1n) is 7.50. The summed E-state index contributed by atoms with van der Waals surface area (Å²) in [5.41, 5.74) is 3.82. The number of ketones is 1. The fraction of sp³-hybridized carbons (Fsp3) is 0.0500. The number of para-hydroxylation sites is 1. The topological polar surface area (TPSA) is 43.4 Å². The van der Waals surface area contributed by atoms with Crippen LogP contribution in [0.4, 0.5) is 0 Å². The molecule has 0 radical (unpaired) electrons. The van der Waals surface area contributed by atoms with E-state index in [0.29, 0.717) is 5.56 Å². The summed E-state index contributed by atoms with van der Waals surface area (Å²) in [5, 5.41) is 3.86. The molecular formula is C20H12O3. The van der Waals surface area contributed by atoms with E-state index in [0.717, 1.165) is 43.9 Å². The van der Waals surface area contributed by atoms with Crippen LogP contribution in [0.25, 0.3) is 43.9 Å². The highest BCUT2D eigenvalue weighted by molar-refractivity contribution is 6.28. The van der Waals surface area contributed by atoms with Crippen molar-refractivity contribution in [3.05, 3.63) is 60.2 Å². The quantitative estimate of drug-likeness (QED) is 0.374. The molecular weight excluding hydrogens is 288 g/mol. The Kier molecular flexibility index (Phi) is 2.29. The van der Waals surface area contributed by atoms with Crippen LogP contribution >= 0.6 is 0 Å². The first-order valence-corrected chi connectivity index (χ1v) is 7.50. The lowest BCUT2D eigenvalue weighted by molar-refractivity contribution is 0.101. The summed E-state index contributed by atoms with van der Waals surface area (Å²) in [7, 11) is 0. The molecule has 0 spiro atoms. The van der Waals surface area contributed by atoms with Gasteiger partial charge in [-0.05, 0) is 31.2 Å². The molecule has 0 fully saturated rings. The molecule has 5 aromatic rings. The molecule has 0 N–H and O–H groups in total. The monoisotopic (exact) mass is 300 g/mol. The minimum Gasteiger partial charge on any atom is -0.456 e. The molecule has 0 saturated heterocycles. The van der Waals surface area contributed by atoms with Gasteiger partial charge in [0.15, 0.2) is 5.78 Å². The van der Waals surface area contributed by atoms with Gasteiger partial charge in [0, 0.05) is 27.1 Å². The van der Waals surface area contributed by atoms with Crippen molar-refractivity contribution in [3.63, 3.8) is 0 Å². The SMILES string of the molecule is CC(=O)c1cccc2oc3ccc4oc5ccccc5c4c3c12. The van der Waals surface area contributed by atoms with Gasteiger partial charge in [-0.25, -0.2) is 0 Å². The molecule has 0 aliphatic heterocycles. The van der Waals surface area contributed by atoms with Gasteiger partial charge >= 0.3 is 0 Å². The lowest BCUT2D eigenvalue weighted by Crippen LogP contribution is -1.91. The highest BCUT2D eigenvalue weighted by Gasteiger charge is 2.19. The van der Waals surface area contributed by atoms with Gasteiger partial charge in [0.1, 0.15) is 22.3 Å². The number of hydrogen-bond acceptors (Lipinski definition) is 3. The second-order valence-electron chi connectivity index (χ2n) is 5.75. The number of furan rings is 2. The highest BCUT2D eigenvalue weighted by Crippen LogP contribution is 2.40. The first-order chi connectivity index (χ1) is 11.2. The molecule has 2 aromatic heterocycles. The molecule has 23 heavy (non-hydrogen) atoms. The number of benzene rings is 3. The number of carbonyl (C=O) groups is 1. The van der Waals surface area contributed by atoms with E-state index >= 15 is 0 Å². The predicted molar refractivity (Wildman–Crippen MR) is 91.0 cm³/mol. The normalized spacial score (nSPS) is 11.9. The fourth-order valence-corrected chi connectivity index (χ4v) is 3.42. The van der Waals surface area contributed by atoms with Gasteiger partial charge in [-0.2, -0.15) is 0 Å². The van der Waals surface area contributed by atoms with E-state index in [2.05, 4.69) is 0 Å². The van der Waals surface area contributed by atoms with E-state index in [1.54, 1.807) is 6.92 Å². The van der Waals surface area contributed by atoms with Gasteiger partial charge in [-0.1, -0.05) is 30.3 Å². The second-order valence-corrected chi connectivity index (χ2v) is 5.75. The van der Waals surface area contributed by atoms with Crippen LogP contribution < -0.4 is 0 Å². The maximum Gasteiger partial charge on any atom is 0.160 e. The summed E-state index contributed by atoms with van der Waals surface area (Å²) in [5.74, 6) is 0.0307. The van der Waals surface area contributed by atoms with Gasteiger partial charge in [0.2, 0.25) is 0 Å². The lowest BCUT2D eigenvalue weighted by atomic mass is 10.0. The third-order valence-electron chi connectivity index (χ3n) is 4.38. The minimum atomic E-state index is 0.0307. The standard InChI is InChI=1S/C20H12O3/c1-11(21)12-6-4-8-15-18(12)20-17(23-15)10-9-16-19(20)13-5-2-3-7-14(13)22-16/h2-10H,1H3. The maximum absolute atomic E-state index is 12.1. The average molecular weight is 300 g/mol. The van der Waals surface area contributed by atoms with Crippen molar-refractivity contribution >= 4 is 49.7 Å². The summed E-state index contributed by atoms with van der Waals surface area (Å²) < 4.78 is 11.9.